The van der Waals surface area contributed by atoms with Gasteiger partial charge in [0.1, 0.15) is 5.92 Å². The van der Waals surface area contributed by atoms with Crippen LogP contribution >= 0.6 is 0 Å². The third-order valence-electron chi connectivity index (χ3n) is 1.98. The lowest BCUT2D eigenvalue weighted by Gasteiger charge is -2.08. The predicted molar refractivity (Wildman–Crippen MR) is 52.7 cm³/mol. The van der Waals surface area contributed by atoms with Gasteiger partial charge in [0, 0.05) is 12.0 Å². The number of benzene rings is 1. The molecule has 0 aliphatic carbocycles. The topological polar surface area (TPSA) is 81.3 Å². The van der Waals surface area contributed by atoms with Crippen LogP contribution in [0.2, 0.25) is 0 Å². The number of carbonyl (C=O) groups excluding carboxylic acids is 1. The molecule has 0 amide bonds. The molecule has 0 aromatic heterocycles. The van der Waals surface area contributed by atoms with Crippen molar-refractivity contribution >= 4 is 5.78 Å². The first-order valence-electron chi connectivity index (χ1n) is 4.50. The number of ketones is 1. The molecule has 1 unspecified atom stereocenters. The number of hydrogen-bond acceptors (Lipinski definition) is 4. The highest BCUT2D eigenvalue weighted by Crippen LogP contribution is 2.12. The quantitative estimate of drug-likeness (QED) is 0.560. The third-order valence-corrected chi connectivity index (χ3v) is 1.98. The van der Waals surface area contributed by atoms with Crippen molar-refractivity contribution in [3.8, 4) is 6.07 Å². The fraction of sp³-hybridized carbons (Fsp3) is 0.273. The van der Waals surface area contributed by atoms with Crippen LogP contribution in [0.25, 0.3) is 0 Å². The monoisotopic (exact) mass is 205 g/mol. The van der Waals surface area contributed by atoms with E-state index in [9.17, 15) is 4.79 Å². The Morgan fingerprint density at radius 1 is 1.33 bits per heavy atom. The molecule has 0 spiro atoms. The summed E-state index contributed by atoms with van der Waals surface area (Å²) in [7, 11) is 0. The summed E-state index contributed by atoms with van der Waals surface area (Å²) in [5.41, 5.74) is 0.407. The molecule has 1 aromatic carbocycles. The maximum Gasteiger partial charge on any atom is 0.180 e. The molecule has 4 nitrogen and oxygen atoms in total. The molecule has 15 heavy (non-hydrogen) atoms. The van der Waals surface area contributed by atoms with Gasteiger partial charge in [0.15, 0.2) is 12.1 Å². The fourth-order valence-corrected chi connectivity index (χ4v) is 1.23. The first-order valence-corrected chi connectivity index (χ1v) is 4.50. The second-order valence-electron chi connectivity index (χ2n) is 3.13. The largest absolute Gasteiger partial charge is 0.368 e. The summed E-state index contributed by atoms with van der Waals surface area (Å²) in [6, 6.07) is 10.1. The lowest BCUT2D eigenvalue weighted by Crippen LogP contribution is -2.19. The number of Topliss-reactive ketones (excluding diaryl/α,β-unsaturated/α-hetero) is 1. The van der Waals surface area contributed by atoms with Crippen molar-refractivity contribution in [2.45, 2.75) is 12.7 Å². The zero-order valence-electron chi connectivity index (χ0n) is 8.00. The average Bonchev–Trinajstić information content (AvgIpc) is 2.26. The SMILES string of the molecule is N#CC(CC(O)O)C(=O)c1ccccc1. The third kappa shape index (κ3) is 3.17. The van der Waals surface area contributed by atoms with Gasteiger partial charge in [-0.2, -0.15) is 5.26 Å². The Kier molecular flexibility index (Phi) is 3.98. The highest BCUT2D eigenvalue weighted by molar-refractivity contribution is 5.99. The van der Waals surface area contributed by atoms with E-state index in [0.717, 1.165) is 0 Å². The summed E-state index contributed by atoms with van der Waals surface area (Å²) in [5.74, 6) is -1.39. The Hall–Kier alpha value is -1.70. The number of nitrogens with zero attached hydrogens (tertiary/aromatic N) is 1. The van der Waals surface area contributed by atoms with Crippen molar-refractivity contribution in [3.63, 3.8) is 0 Å². The molecule has 1 aromatic rings. The predicted octanol–water partition coefficient (Wildman–Crippen LogP) is 0.710. The fourth-order valence-electron chi connectivity index (χ4n) is 1.23. The van der Waals surface area contributed by atoms with Crippen molar-refractivity contribution in [2.75, 3.05) is 0 Å². The van der Waals surface area contributed by atoms with Crippen LogP contribution in [0.1, 0.15) is 16.8 Å². The number of aliphatic hydroxyl groups excluding tert-OH is 1. The van der Waals surface area contributed by atoms with Crippen LogP contribution in [0.15, 0.2) is 30.3 Å². The summed E-state index contributed by atoms with van der Waals surface area (Å²) in [6.07, 6.45) is -1.90. The zero-order valence-corrected chi connectivity index (χ0v) is 8.00. The van der Waals surface area contributed by atoms with Crippen molar-refractivity contribution in [3.05, 3.63) is 35.9 Å². The van der Waals surface area contributed by atoms with Gasteiger partial charge in [0.25, 0.3) is 0 Å². The van der Waals surface area contributed by atoms with E-state index < -0.39 is 12.2 Å². The smallest absolute Gasteiger partial charge is 0.180 e. The minimum Gasteiger partial charge on any atom is -0.368 e. The number of nitriles is 1. The van der Waals surface area contributed by atoms with Gasteiger partial charge in [0.05, 0.1) is 6.07 Å². The van der Waals surface area contributed by atoms with Crippen LogP contribution in [-0.4, -0.2) is 22.3 Å². The van der Waals surface area contributed by atoms with Gasteiger partial charge in [-0.25, -0.2) is 0 Å². The van der Waals surface area contributed by atoms with E-state index in [2.05, 4.69) is 0 Å². The van der Waals surface area contributed by atoms with Crippen molar-refractivity contribution < 1.29 is 15.0 Å². The van der Waals surface area contributed by atoms with Crippen molar-refractivity contribution in [2.24, 2.45) is 5.92 Å². The van der Waals surface area contributed by atoms with E-state index in [1.54, 1.807) is 36.4 Å². The van der Waals surface area contributed by atoms with Crippen LogP contribution in [0.5, 0.6) is 0 Å². The van der Waals surface area contributed by atoms with Gasteiger partial charge in [-0.1, -0.05) is 30.3 Å². The van der Waals surface area contributed by atoms with Crippen molar-refractivity contribution in [1.29, 1.82) is 5.26 Å². The molecular weight excluding hydrogens is 194 g/mol. The lowest BCUT2D eigenvalue weighted by molar-refractivity contribution is -0.0498. The molecule has 0 fully saturated rings. The average molecular weight is 205 g/mol. The number of rotatable bonds is 4. The van der Waals surface area contributed by atoms with Crippen molar-refractivity contribution in [1.82, 2.24) is 0 Å². The number of carbonyl (C=O) groups is 1. The van der Waals surface area contributed by atoms with Gasteiger partial charge >= 0.3 is 0 Å². The molecule has 0 bridgehead atoms. The van der Waals surface area contributed by atoms with E-state index >= 15 is 0 Å². The molecular formula is C11H11NO3. The molecule has 78 valence electrons. The van der Waals surface area contributed by atoms with Crippen LogP contribution in [0.3, 0.4) is 0 Å². The summed E-state index contributed by atoms with van der Waals surface area (Å²) in [6.45, 7) is 0. The Bertz CT molecular complexity index is 367. The Balaban J connectivity index is 2.80. The highest BCUT2D eigenvalue weighted by atomic mass is 16.5. The maximum absolute atomic E-state index is 11.7. The molecule has 0 radical (unpaired) electrons. The standard InChI is InChI=1S/C11H11NO3/c12-7-9(6-10(13)14)11(15)8-4-2-1-3-5-8/h1-5,9-10,13-14H,6H2. The minimum absolute atomic E-state index is 0.260. The van der Waals surface area contributed by atoms with Gasteiger partial charge in [-0.05, 0) is 0 Å². The van der Waals surface area contributed by atoms with E-state index in [-0.39, 0.29) is 12.2 Å². The first kappa shape index (κ1) is 11.4. The second kappa shape index (κ2) is 5.25. The van der Waals surface area contributed by atoms with E-state index in [1.807, 2.05) is 0 Å². The molecule has 0 saturated carbocycles. The molecule has 0 heterocycles. The van der Waals surface area contributed by atoms with E-state index in [0.29, 0.717) is 5.56 Å². The number of aliphatic hydroxyl groups is 2. The highest BCUT2D eigenvalue weighted by Gasteiger charge is 2.21. The summed E-state index contributed by atoms with van der Waals surface area (Å²) in [5, 5.41) is 26.1. The van der Waals surface area contributed by atoms with Crippen LogP contribution in [0, 0.1) is 17.2 Å². The van der Waals surface area contributed by atoms with Gasteiger partial charge in [-0.3, -0.25) is 4.79 Å². The molecule has 0 aliphatic rings. The van der Waals surface area contributed by atoms with Gasteiger partial charge in [-0.15, -0.1) is 0 Å². The van der Waals surface area contributed by atoms with E-state index in [1.165, 1.54) is 0 Å². The molecule has 2 N–H and O–H groups in total. The van der Waals surface area contributed by atoms with E-state index in [4.69, 9.17) is 15.5 Å². The molecule has 1 rings (SSSR count). The summed E-state index contributed by atoms with van der Waals surface area (Å²) >= 11 is 0. The van der Waals surface area contributed by atoms with Crippen LogP contribution in [-0.2, 0) is 0 Å². The normalized spacial score (nSPS) is 12.1. The Morgan fingerprint density at radius 3 is 2.40 bits per heavy atom. The summed E-state index contributed by atoms with van der Waals surface area (Å²) < 4.78 is 0. The zero-order chi connectivity index (χ0) is 11.3. The Morgan fingerprint density at radius 2 is 1.93 bits per heavy atom. The molecule has 0 saturated heterocycles. The lowest BCUT2D eigenvalue weighted by atomic mass is 9.96. The molecule has 4 heteroatoms. The summed E-state index contributed by atoms with van der Waals surface area (Å²) in [4.78, 5) is 11.7. The minimum atomic E-state index is -1.64. The van der Waals surface area contributed by atoms with Crippen LogP contribution < -0.4 is 0 Å². The molecule has 1 atom stereocenters. The first-order chi connectivity index (χ1) is 7.15. The Labute approximate surface area is 87.4 Å². The second-order valence-corrected chi connectivity index (χ2v) is 3.13. The number of hydrogen-bond donors (Lipinski definition) is 2. The molecule has 0 aliphatic heterocycles. The van der Waals surface area contributed by atoms with Crippen LogP contribution in [0.4, 0.5) is 0 Å². The van der Waals surface area contributed by atoms with Gasteiger partial charge < -0.3 is 10.2 Å². The maximum atomic E-state index is 11.7. The van der Waals surface area contributed by atoms with Gasteiger partial charge in [0.2, 0.25) is 0 Å².